The maximum atomic E-state index is 12.1. The van der Waals surface area contributed by atoms with Crippen LogP contribution in [0.1, 0.15) is 5.69 Å². The predicted octanol–water partition coefficient (Wildman–Crippen LogP) is -0.565. The summed E-state index contributed by atoms with van der Waals surface area (Å²) in [6.07, 6.45) is 1.78. The molecule has 1 saturated heterocycles. The Bertz CT molecular complexity index is 481. The number of nitrogen functional groups attached to an aromatic ring is 1. The van der Waals surface area contributed by atoms with Crippen LogP contribution in [-0.4, -0.2) is 64.5 Å². The average molecular weight is 278 g/mol. The molecule has 0 saturated carbocycles. The third kappa shape index (κ3) is 3.92. The average Bonchev–Trinajstić information content (AvgIpc) is 2.41. The highest BCUT2D eigenvalue weighted by Gasteiger charge is 2.22. The SMILES string of the molecule is Nc1ccc(CC(=O)N2CCN(CC(=O)O)CC2)nc1. The van der Waals surface area contributed by atoms with Gasteiger partial charge in [-0.1, -0.05) is 0 Å². The highest BCUT2D eigenvalue weighted by Crippen LogP contribution is 2.07. The first kappa shape index (κ1) is 14.3. The molecule has 1 fully saturated rings. The Morgan fingerprint density at radius 3 is 2.50 bits per heavy atom. The van der Waals surface area contributed by atoms with Gasteiger partial charge in [-0.05, 0) is 12.1 Å². The fraction of sp³-hybridized carbons (Fsp3) is 0.462. The Kier molecular flexibility index (Phi) is 4.52. The van der Waals surface area contributed by atoms with E-state index in [1.54, 1.807) is 17.0 Å². The van der Waals surface area contributed by atoms with Gasteiger partial charge in [0.15, 0.2) is 0 Å². The van der Waals surface area contributed by atoms with Crippen molar-refractivity contribution in [2.45, 2.75) is 6.42 Å². The topological polar surface area (TPSA) is 99.8 Å². The number of pyridine rings is 1. The first-order chi connectivity index (χ1) is 9.54. The number of rotatable bonds is 4. The number of nitrogens with two attached hydrogens (primary N) is 1. The van der Waals surface area contributed by atoms with E-state index in [0.29, 0.717) is 37.6 Å². The summed E-state index contributed by atoms with van der Waals surface area (Å²) in [5.74, 6) is -0.826. The molecule has 7 heteroatoms. The summed E-state index contributed by atoms with van der Waals surface area (Å²) >= 11 is 0. The molecule has 20 heavy (non-hydrogen) atoms. The lowest BCUT2D eigenvalue weighted by molar-refractivity contribution is -0.139. The van der Waals surface area contributed by atoms with Crippen LogP contribution in [-0.2, 0) is 16.0 Å². The number of aliphatic carboxylic acids is 1. The molecular formula is C13H18N4O3. The number of carboxylic acid groups (broad SMARTS) is 1. The standard InChI is InChI=1S/C13H18N4O3/c14-10-1-2-11(15-8-10)7-12(18)17-5-3-16(4-6-17)9-13(19)20/h1-2,8H,3-7,9,14H2,(H,19,20). The van der Waals surface area contributed by atoms with Crippen molar-refractivity contribution >= 4 is 17.6 Å². The van der Waals surface area contributed by atoms with Crippen molar-refractivity contribution in [3.63, 3.8) is 0 Å². The monoisotopic (exact) mass is 278 g/mol. The summed E-state index contributed by atoms with van der Waals surface area (Å²) < 4.78 is 0. The predicted molar refractivity (Wildman–Crippen MR) is 73.0 cm³/mol. The minimum absolute atomic E-state index is 0.0113. The summed E-state index contributed by atoms with van der Waals surface area (Å²) in [5.41, 5.74) is 6.81. The summed E-state index contributed by atoms with van der Waals surface area (Å²) in [6, 6.07) is 3.47. The molecule has 3 N–H and O–H groups in total. The number of aromatic nitrogens is 1. The maximum absolute atomic E-state index is 12.1. The molecule has 0 atom stereocenters. The van der Waals surface area contributed by atoms with E-state index in [-0.39, 0.29) is 18.9 Å². The van der Waals surface area contributed by atoms with Crippen LogP contribution in [0.2, 0.25) is 0 Å². The normalized spacial score (nSPS) is 16.1. The summed E-state index contributed by atoms with van der Waals surface area (Å²) in [6.45, 7) is 2.32. The van der Waals surface area contributed by atoms with Crippen molar-refractivity contribution in [3.05, 3.63) is 24.0 Å². The molecule has 0 aromatic carbocycles. The zero-order chi connectivity index (χ0) is 14.5. The molecule has 7 nitrogen and oxygen atoms in total. The van der Waals surface area contributed by atoms with Crippen molar-refractivity contribution in [3.8, 4) is 0 Å². The van der Waals surface area contributed by atoms with Crippen LogP contribution in [0.5, 0.6) is 0 Å². The number of anilines is 1. The van der Waals surface area contributed by atoms with Gasteiger partial charge in [0.05, 0.1) is 24.8 Å². The first-order valence-electron chi connectivity index (χ1n) is 6.47. The number of amides is 1. The van der Waals surface area contributed by atoms with Crippen molar-refractivity contribution in [1.82, 2.24) is 14.8 Å². The zero-order valence-corrected chi connectivity index (χ0v) is 11.2. The molecule has 1 amide bonds. The van der Waals surface area contributed by atoms with E-state index in [1.165, 1.54) is 6.20 Å². The van der Waals surface area contributed by atoms with E-state index in [2.05, 4.69) is 4.98 Å². The van der Waals surface area contributed by atoms with Crippen LogP contribution in [0, 0.1) is 0 Å². The van der Waals surface area contributed by atoms with Gasteiger partial charge in [-0.15, -0.1) is 0 Å². The Morgan fingerprint density at radius 1 is 1.25 bits per heavy atom. The number of hydrogen-bond acceptors (Lipinski definition) is 5. The van der Waals surface area contributed by atoms with Gasteiger partial charge in [0, 0.05) is 31.9 Å². The van der Waals surface area contributed by atoms with Gasteiger partial charge in [0.25, 0.3) is 0 Å². The Balaban J connectivity index is 1.82. The molecule has 1 aromatic heterocycles. The van der Waals surface area contributed by atoms with Crippen LogP contribution in [0.15, 0.2) is 18.3 Å². The van der Waals surface area contributed by atoms with Gasteiger partial charge in [-0.3, -0.25) is 19.5 Å². The second-order valence-corrected chi connectivity index (χ2v) is 4.81. The van der Waals surface area contributed by atoms with E-state index in [4.69, 9.17) is 10.8 Å². The Morgan fingerprint density at radius 2 is 1.95 bits per heavy atom. The van der Waals surface area contributed by atoms with Gasteiger partial charge >= 0.3 is 5.97 Å². The smallest absolute Gasteiger partial charge is 0.317 e. The third-order valence-electron chi connectivity index (χ3n) is 3.26. The van der Waals surface area contributed by atoms with Crippen LogP contribution in [0.3, 0.4) is 0 Å². The van der Waals surface area contributed by atoms with Gasteiger partial charge in [0.2, 0.25) is 5.91 Å². The molecule has 0 radical (unpaired) electrons. The van der Waals surface area contributed by atoms with Gasteiger partial charge in [0.1, 0.15) is 0 Å². The van der Waals surface area contributed by atoms with Crippen molar-refractivity contribution in [2.75, 3.05) is 38.5 Å². The molecular weight excluding hydrogens is 260 g/mol. The zero-order valence-electron chi connectivity index (χ0n) is 11.2. The summed E-state index contributed by atoms with van der Waals surface area (Å²) in [4.78, 5) is 30.4. The molecule has 0 spiro atoms. The minimum atomic E-state index is -0.837. The van der Waals surface area contributed by atoms with E-state index >= 15 is 0 Å². The Hall–Kier alpha value is -2.15. The molecule has 0 unspecified atom stereocenters. The molecule has 2 heterocycles. The number of carboxylic acids is 1. The van der Waals surface area contributed by atoms with Crippen molar-refractivity contribution in [1.29, 1.82) is 0 Å². The van der Waals surface area contributed by atoms with Crippen LogP contribution < -0.4 is 5.73 Å². The lowest BCUT2D eigenvalue weighted by Crippen LogP contribution is -2.50. The fourth-order valence-electron chi connectivity index (χ4n) is 2.15. The van der Waals surface area contributed by atoms with E-state index in [1.807, 2.05) is 4.90 Å². The number of carbonyl (C=O) groups is 2. The largest absolute Gasteiger partial charge is 0.480 e. The van der Waals surface area contributed by atoms with Crippen LogP contribution in [0.4, 0.5) is 5.69 Å². The highest BCUT2D eigenvalue weighted by molar-refractivity contribution is 5.78. The number of carbonyl (C=O) groups excluding carboxylic acids is 1. The first-order valence-corrected chi connectivity index (χ1v) is 6.47. The van der Waals surface area contributed by atoms with Crippen LogP contribution in [0.25, 0.3) is 0 Å². The lowest BCUT2D eigenvalue weighted by atomic mass is 10.2. The van der Waals surface area contributed by atoms with Crippen molar-refractivity contribution < 1.29 is 14.7 Å². The minimum Gasteiger partial charge on any atom is -0.480 e. The van der Waals surface area contributed by atoms with Gasteiger partial charge in [-0.25, -0.2) is 0 Å². The molecule has 1 aliphatic heterocycles. The maximum Gasteiger partial charge on any atom is 0.317 e. The summed E-state index contributed by atoms with van der Waals surface area (Å²) in [5, 5.41) is 8.72. The number of piperazine rings is 1. The highest BCUT2D eigenvalue weighted by atomic mass is 16.4. The van der Waals surface area contributed by atoms with E-state index in [9.17, 15) is 9.59 Å². The quantitative estimate of drug-likeness (QED) is 0.765. The summed E-state index contributed by atoms with van der Waals surface area (Å²) in [7, 11) is 0. The fourth-order valence-corrected chi connectivity index (χ4v) is 2.15. The second-order valence-electron chi connectivity index (χ2n) is 4.81. The second kappa shape index (κ2) is 6.33. The van der Waals surface area contributed by atoms with E-state index < -0.39 is 5.97 Å². The Labute approximate surface area is 117 Å². The van der Waals surface area contributed by atoms with E-state index in [0.717, 1.165) is 0 Å². The molecule has 1 aromatic rings. The number of hydrogen-bond donors (Lipinski definition) is 2. The molecule has 0 bridgehead atoms. The number of nitrogens with zero attached hydrogens (tertiary/aromatic N) is 3. The molecule has 108 valence electrons. The lowest BCUT2D eigenvalue weighted by Gasteiger charge is -2.33. The molecule has 1 aliphatic rings. The third-order valence-corrected chi connectivity index (χ3v) is 3.26. The van der Waals surface area contributed by atoms with Gasteiger partial charge < -0.3 is 15.7 Å². The van der Waals surface area contributed by atoms with Gasteiger partial charge in [-0.2, -0.15) is 0 Å². The molecule has 2 rings (SSSR count). The molecule has 0 aliphatic carbocycles. The van der Waals surface area contributed by atoms with Crippen LogP contribution >= 0.6 is 0 Å². The van der Waals surface area contributed by atoms with Crippen molar-refractivity contribution in [2.24, 2.45) is 0 Å².